The molecule has 2 rings (SSSR count). The van der Waals surface area contributed by atoms with Crippen LogP contribution in [0, 0.1) is 11.8 Å². The molecule has 1 aromatic heterocycles. The summed E-state index contributed by atoms with van der Waals surface area (Å²) in [6, 6.07) is 0.271. The second-order valence-electron chi connectivity index (χ2n) is 6.28. The van der Waals surface area contributed by atoms with Crippen molar-refractivity contribution < 1.29 is 9.59 Å². The number of imide groups is 1. The number of carbonyl (C=O) groups excluding carboxylic acids is 2. The maximum absolute atomic E-state index is 12.2. The second-order valence-corrected chi connectivity index (χ2v) is 6.28. The first-order valence-electron chi connectivity index (χ1n) is 7.25. The molecule has 1 N–H and O–H groups in total. The zero-order valence-electron chi connectivity index (χ0n) is 12.6. The lowest BCUT2D eigenvalue weighted by atomic mass is 9.78. The highest BCUT2D eigenvalue weighted by Gasteiger charge is 2.38. The summed E-state index contributed by atoms with van der Waals surface area (Å²) in [4.78, 5) is 28.1. The van der Waals surface area contributed by atoms with E-state index in [1.807, 2.05) is 0 Å². The molecular weight excluding hydrogens is 254 g/mol. The maximum atomic E-state index is 12.2. The fraction of sp³-hybridized carbons (Fsp3) is 0.667. The summed E-state index contributed by atoms with van der Waals surface area (Å²) < 4.78 is 2.06. The van der Waals surface area contributed by atoms with Crippen LogP contribution in [-0.4, -0.2) is 21.4 Å². The highest BCUT2D eigenvalue weighted by atomic mass is 16.2. The lowest BCUT2D eigenvalue weighted by Gasteiger charge is -2.32. The van der Waals surface area contributed by atoms with Crippen molar-refractivity contribution in [1.29, 1.82) is 0 Å². The Balaban J connectivity index is 2.35. The smallest absolute Gasteiger partial charge is 0.230 e. The van der Waals surface area contributed by atoms with Crippen molar-refractivity contribution in [2.24, 2.45) is 11.8 Å². The van der Waals surface area contributed by atoms with Crippen molar-refractivity contribution in [2.45, 2.75) is 52.5 Å². The van der Waals surface area contributed by atoms with E-state index in [1.54, 1.807) is 12.5 Å². The lowest BCUT2D eigenvalue weighted by molar-refractivity contribution is -0.137. The van der Waals surface area contributed by atoms with Gasteiger partial charge < -0.3 is 4.57 Å². The fourth-order valence-electron chi connectivity index (χ4n) is 2.93. The summed E-state index contributed by atoms with van der Waals surface area (Å²) in [7, 11) is 0. The van der Waals surface area contributed by atoms with Gasteiger partial charge in [-0.1, -0.05) is 13.8 Å². The van der Waals surface area contributed by atoms with Gasteiger partial charge in [-0.3, -0.25) is 14.9 Å². The van der Waals surface area contributed by atoms with Crippen LogP contribution < -0.4 is 5.32 Å². The Kier molecular flexibility index (Phi) is 4.26. The largest absolute Gasteiger partial charge is 0.332 e. The first-order valence-corrected chi connectivity index (χ1v) is 7.25. The molecule has 1 fully saturated rings. The van der Waals surface area contributed by atoms with Gasteiger partial charge in [0.2, 0.25) is 11.8 Å². The van der Waals surface area contributed by atoms with Crippen molar-refractivity contribution in [3.05, 3.63) is 18.2 Å². The van der Waals surface area contributed by atoms with Gasteiger partial charge in [0.15, 0.2) is 0 Å². The molecule has 20 heavy (non-hydrogen) atoms. The highest BCUT2D eigenvalue weighted by Crippen LogP contribution is 2.36. The molecule has 0 bridgehead atoms. The van der Waals surface area contributed by atoms with Crippen molar-refractivity contribution in [3.8, 4) is 0 Å². The van der Waals surface area contributed by atoms with Crippen LogP contribution >= 0.6 is 0 Å². The van der Waals surface area contributed by atoms with Crippen molar-refractivity contribution in [1.82, 2.24) is 14.9 Å². The minimum atomic E-state index is -0.184. The normalized spacial score (nSPS) is 23.5. The summed E-state index contributed by atoms with van der Waals surface area (Å²) in [5.41, 5.74) is 0.994. The number of hydrogen-bond acceptors (Lipinski definition) is 3. The molecule has 1 saturated heterocycles. The van der Waals surface area contributed by atoms with E-state index >= 15 is 0 Å². The second kappa shape index (κ2) is 5.77. The summed E-state index contributed by atoms with van der Waals surface area (Å²) in [5.74, 6) is -0.129. The number of nitrogens with zero attached hydrogens (tertiary/aromatic N) is 2. The van der Waals surface area contributed by atoms with Gasteiger partial charge in [0.1, 0.15) is 0 Å². The van der Waals surface area contributed by atoms with Gasteiger partial charge in [0.25, 0.3) is 0 Å². The van der Waals surface area contributed by atoms with E-state index < -0.39 is 0 Å². The van der Waals surface area contributed by atoms with E-state index in [-0.39, 0.29) is 29.7 Å². The highest BCUT2D eigenvalue weighted by molar-refractivity contribution is 5.99. The fourth-order valence-corrected chi connectivity index (χ4v) is 2.93. The molecular formula is C15H23N3O2. The van der Waals surface area contributed by atoms with Crippen molar-refractivity contribution >= 4 is 11.8 Å². The predicted octanol–water partition coefficient (Wildman–Crippen LogP) is 2.26. The van der Waals surface area contributed by atoms with E-state index in [0.29, 0.717) is 12.3 Å². The molecule has 2 heterocycles. The molecule has 0 radical (unpaired) electrons. The standard InChI is InChI=1S/C15H23N3O2/c1-9(2)5-12-11(6-14(19)17-15(12)20)13-7-16-8-18(13)10(3)4/h7-12H,5-6H2,1-4H3,(H,17,19,20). The van der Waals surface area contributed by atoms with Gasteiger partial charge >= 0.3 is 0 Å². The van der Waals surface area contributed by atoms with E-state index in [9.17, 15) is 9.59 Å². The molecule has 5 nitrogen and oxygen atoms in total. The number of hydrogen-bond donors (Lipinski definition) is 1. The van der Waals surface area contributed by atoms with Crippen LogP contribution in [0.25, 0.3) is 0 Å². The van der Waals surface area contributed by atoms with Gasteiger partial charge in [0, 0.05) is 36.2 Å². The zero-order valence-corrected chi connectivity index (χ0v) is 12.6. The Labute approximate surface area is 119 Å². The van der Waals surface area contributed by atoms with Crippen LogP contribution in [0.15, 0.2) is 12.5 Å². The average Bonchev–Trinajstić information content (AvgIpc) is 2.80. The molecule has 0 saturated carbocycles. The van der Waals surface area contributed by atoms with Crippen LogP contribution in [-0.2, 0) is 9.59 Å². The molecule has 1 aliphatic heterocycles. The number of piperidine rings is 1. The van der Waals surface area contributed by atoms with E-state index in [4.69, 9.17) is 0 Å². The molecule has 2 amide bonds. The van der Waals surface area contributed by atoms with Gasteiger partial charge in [-0.15, -0.1) is 0 Å². The molecule has 2 atom stereocenters. The third-order valence-electron chi connectivity index (χ3n) is 3.85. The number of nitrogens with one attached hydrogen (secondary N) is 1. The number of aromatic nitrogens is 2. The van der Waals surface area contributed by atoms with Crippen LogP contribution in [0.4, 0.5) is 0 Å². The first kappa shape index (κ1) is 14.8. The summed E-state index contributed by atoms with van der Waals surface area (Å²) >= 11 is 0. The van der Waals surface area contributed by atoms with Gasteiger partial charge in [-0.05, 0) is 26.2 Å². The quantitative estimate of drug-likeness (QED) is 0.859. The van der Waals surface area contributed by atoms with Crippen LogP contribution in [0.5, 0.6) is 0 Å². The zero-order chi connectivity index (χ0) is 14.9. The molecule has 2 unspecified atom stereocenters. The summed E-state index contributed by atoms with van der Waals surface area (Å²) in [5, 5.41) is 2.47. The molecule has 1 aromatic rings. The minimum Gasteiger partial charge on any atom is -0.332 e. The lowest BCUT2D eigenvalue weighted by Crippen LogP contribution is -2.45. The number of carbonyl (C=O) groups is 2. The van der Waals surface area contributed by atoms with E-state index in [0.717, 1.165) is 12.1 Å². The van der Waals surface area contributed by atoms with Gasteiger partial charge in [-0.25, -0.2) is 4.98 Å². The predicted molar refractivity (Wildman–Crippen MR) is 76.1 cm³/mol. The Morgan fingerprint density at radius 2 is 2.05 bits per heavy atom. The molecule has 5 heteroatoms. The van der Waals surface area contributed by atoms with E-state index in [2.05, 4.69) is 42.6 Å². The number of amides is 2. The first-order chi connectivity index (χ1) is 9.40. The Morgan fingerprint density at radius 3 is 2.65 bits per heavy atom. The van der Waals surface area contributed by atoms with Gasteiger partial charge in [-0.2, -0.15) is 0 Å². The number of imidazole rings is 1. The summed E-state index contributed by atoms with van der Waals surface area (Å²) in [6.45, 7) is 8.35. The Bertz CT molecular complexity index is 505. The Morgan fingerprint density at radius 1 is 1.35 bits per heavy atom. The topological polar surface area (TPSA) is 64.0 Å². The van der Waals surface area contributed by atoms with E-state index in [1.165, 1.54) is 0 Å². The molecule has 1 aliphatic rings. The third kappa shape index (κ3) is 2.92. The molecule has 0 spiro atoms. The van der Waals surface area contributed by atoms with Crippen LogP contribution in [0.2, 0.25) is 0 Å². The van der Waals surface area contributed by atoms with Gasteiger partial charge in [0.05, 0.1) is 6.33 Å². The van der Waals surface area contributed by atoms with Crippen molar-refractivity contribution in [3.63, 3.8) is 0 Å². The minimum absolute atomic E-state index is 0.0662. The number of rotatable bonds is 4. The Hall–Kier alpha value is -1.65. The molecule has 0 aromatic carbocycles. The monoisotopic (exact) mass is 277 g/mol. The SMILES string of the molecule is CC(C)CC1C(=O)NC(=O)CC1c1cncn1C(C)C. The third-order valence-corrected chi connectivity index (χ3v) is 3.85. The van der Waals surface area contributed by atoms with Crippen molar-refractivity contribution in [2.75, 3.05) is 0 Å². The summed E-state index contributed by atoms with van der Waals surface area (Å²) in [6.07, 6.45) is 4.72. The van der Waals surface area contributed by atoms with Crippen LogP contribution in [0.1, 0.15) is 58.2 Å². The maximum Gasteiger partial charge on any atom is 0.230 e. The molecule has 110 valence electrons. The average molecular weight is 277 g/mol. The molecule has 0 aliphatic carbocycles. The van der Waals surface area contributed by atoms with Crippen LogP contribution in [0.3, 0.4) is 0 Å².